The van der Waals surface area contributed by atoms with Crippen molar-refractivity contribution in [3.63, 3.8) is 0 Å². The Morgan fingerprint density at radius 3 is 2.82 bits per heavy atom. The van der Waals surface area contributed by atoms with Crippen molar-refractivity contribution in [2.24, 2.45) is 5.41 Å². The molecule has 0 atom stereocenters. The molecule has 0 bridgehead atoms. The zero-order chi connectivity index (χ0) is 12.5. The van der Waals surface area contributed by atoms with Gasteiger partial charge < -0.3 is 10.6 Å². The normalized spacial score (nSPS) is 19.4. The maximum absolute atomic E-state index is 5.83. The summed E-state index contributed by atoms with van der Waals surface area (Å²) in [6.45, 7) is 8.79. The third kappa shape index (κ3) is 2.87. The highest BCUT2D eigenvalue weighted by Crippen LogP contribution is 2.31. The van der Waals surface area contributed by atoms with Crippen LogP contribution in [0.3, 0.4) is 0 Å². The fraction of sp³-hybridized carbons (Fsp3) is 0.692. The second-order valence-corrected chi connectivity index (χ2v) is 5.61. The Hall–Kier alpha value is -1.32. The minimum Gasteiger partial charge on any atom is -0.384 e. The molecule has 0 saturated carbocycles. The molecular weight excluding hydrogens is 212 g/mol. The topological polar surface area (TPSA) is 55.0 Å². The summed E-state index contributed by atoms with van der Waals surface area (Å²) in [7, 11) is 0. The average Bonchev–Trinajstić information content (AvgIpc) is 2.27. The SMILES string of the molecule is CCc1nc(N)cc(N2CCCC(C)(C)C2)n1. The van der Waals surface area contributed by atoms with Crippen LogP contribution in [0.5, 0.6) is 0 Å². The fourth-order valence-corrected chi connectivity index (χ4v) is 2.44. The average molecular weight is 234 g/mol. The Balaban J connectivity index is 2.24. The number of nitrogens with two attached hydrogens (primary N) is 1. The van der Waals surface area contributed by atoms with E-state index >= 15 is 0 Å². The maximum Gasteiger partial charge on any atom is 0.134 e. The standard InChI is InChI=1S/C13H22N4/c1-4-11-15-10(14)8-12(16-11)17-7-5-6-13(2,3)9-17/h8H,4-7,9H2,1-3H3,(H2,14,15,16). The molecule has 1 aromatic rings. The molecule has 2 heterocycles. The van der Waals surface area contributed by atoms with Gasteiger partial charge in [0.1, 0.15) is 17.5 Å². The van der Waals surface area contributed by atoms with Crippen molar-refractivity contribution in [1.29, 1.82) is 0 Å². The van der Waals surface area contributed by atoms with Crippen molar-refractivity contribution in [2.45, 2.75) is 40.0 Å². The molecule has 1 saturated heterocycles. The summed E-state index contributed by atoms with van der Waals surface area (Å²) in [4.78, 5) is 11.1. The number of nitrogens with zero attached hydrogens (tertiary/aromatic N) is 3. The summed E-state index contributed by atoms with van der Waals surface area (Å²) in [5, 5.41) is 0. The lowest BCUT2D eigenvalue weighted by atomic mass is 9.84. The van der Waals surface area contributed by atoms with E-state index in [2.05, 4.69) is 35.6 Å². The van der Waals surface area contributed by atoms with Crippen LogP contribution in [0.4, 0.5) is 11.6 Å². The van der Waals surface area contributed by atoms with E-state index in [1.54, 1.807) is 0 Å². The van der Waals surface area contributed by atoms with E-state index in [9.17, 15) is 0 Å². The summed E-state index contributed by atoms with van der Waals surface area (Å²) < 4.78 is 0. The van der Waals surface area contributed by atoms with Gasteiger partial charge in [-0.25, -0.2) is 9.97 Å². The zero-order valence-electron chi connectivity index (χ0n) is 11.0. The molecule has 0 unspecified atom stereocenters. The van der Waals surface area contributed by atoms with E-state index in [1.165, 1.54) is 12.8 Å². The van der Waals surface area contributed by atoms with E-state index in [0.717, 1.165) is 31.2 Å². The first-order valence-electron chi connectivity index (χ1n) is 6.38. The van der Waals surface area contributed by atoms with Gasteiger partial charge in [-0.15, -0.1) is 0 Å². The summed E-state index contributed by atoms with van der Waals surface area (Å²) in [6, 6.07) is 1.89. The third-order valence-corrected chi connectivity index (χ3v) is 3.32. The van der Waals surface area contributed by atoms with Crippen molar-refractivity contribution in [2.75, 3.05) is 23.7 Å². The first-order chi connectivity index (χ1) is 8.00. The zero-order valence-corrected chi connectivity index (χ0v) is 11.0. The quantitative estimate of drug-likeness (QED) is 0.852. The highest BCUT2D eigenvalue weighted by Gasteiger charge is 2.27. The molecule has 1 aliphatic heterocycles. The van der Waals surface area contributed by atoms with Gasteiger partial charge in [0.25, 0.3) is 0 Å². The first-order valence-corrected chi connectivity index (χ1v) is 6.38. The van der Waals surface area contributed by atoms with Gasteiger partial charge in [-0.2, -0.15) is 0 Å². The smallest absolute Gasteiger partial charge is 0.134 e. The summed E-state index contributed by atoms with van der Waals surface area (Å²) in [6.07, 6.45) is 3.33. The van der Waals surface area contributed by atoms with Crippen LogP contribution in [-0.4, -0.2) is 23.1 Å². The molecule has 1 aliphatic rings. The van der Waals surface area contributed by atoms with E-state index in [-0.39, 0.29) is 0 Å². The Morgan fingerprint density at radius 1 is 1.41 bits per heavy atom. The van der Waals surface area contributed by atoms with Crippen molar-refractivity contribution in [1.82, 2.24) is 9.97 Å². The lowest BCUT2D eigenvalue weighted by Crippen LogP contribution is -2.40. The number of rotatable bonds is 2. The Bertz CT molecular complexity index is 400. The first kappa shape index (κ1) is 12.1. The second kappa shape index (κ2) is 4.51. The van der Waals surface area contributed by atoms with Gasteiger partial charge in [0, 0.05) is 25.6 Å². The van der Waals surface area contributed by atoms with Gasteiger partial charge in [0.2, 0.25) is 0 Å². The van der Waals surface area contributed by atoms with Crippen LogP contribution in [0.25, 0.3) is 0 Å². The molecule has 94 valence electrons. The molecule has 2 N–H and O–H groups in total. The van der Waals surface area contributed by atoms with Crippen molar-refractivity contribution in [3.05, 3.63) is 11.9 Å². The molecular formula is C13H22N4. The van der Waals surface area contributed by atoms with Gasteiger partial charge in [-0.3, -0.25) is 0 Å². The van der Waals surface area contributed by atoms with Crippen molar-refractivity contribution >= 4 is 11.6 Å². The minimum atomic E-state index is 0.365. The molecule has 0 amide bonds. The second-order valence-electron chi connectivity index (χ2n) is 5.61. The fourth-order valence-electron chi connectivity index (χ4n) is 2.44. The van der Waals surface area contributed by atoms with Gasteiger partial charge in [-0.05, 0) is 18.3 Å². The van der Waals surface area contributed by atoms with E-state index < -0.39 is 0 Å². The molecule has 0 spiro atoms. The number of aryl methyl sites for hydroxylation is 1. The van der Waals surface area contributed by atoms with Crippen LogP contribution in [0, 0.1) is 5.41 Å². The number of hydrogen-bond acceptors (Lipinski definition) is 4. The molecule has 1 fully saturated rings. The Labute approximate surface area is 103 Å². The van der Waals surface area contributed by atoms with Crippen molar-refractivity contribution in [3.8, 4) is 0 Å². The van der Waals surface area contributed by atoms with Crippen LogP contribution in [-0.2, 0) is 6.42 Å². The lowest BCUT2D eigenvalue weighted by Gasteiger charge is -2.38. The molecule has 1 aromatic heterocycles. The lowest BCUT2D eigenvalue weighted by molar-refractivity contribution is 0.292. The highest BCUT2D eigenvalue weighted by molar-refractivity contribution is 5.47. The molecule has 0 aromatic carbocycles. The van der Waals surface area contributed by atoms with Crippen molar-refractivity contribution < 1.29 is 0 Å². The van der Waals surface area contributed by atoms with Crippen LogP contribution in [0.2, 0.25) is 0 Å². The Morgan fingerprint density at radius 2 is 2.18 bits per heavy atom. The predicted octanol–water partition coefficient (Wildman–Crippen LogP) is 2.25. The molecule has 17 heavy (non-hydrogen) atoms. The number of aromatic nitrogens is 2. The molecule has 2 rings (SSSR count). The van der Waals surface area contributed by atoms with Crippen LogP contribution >= 0.6 is 0 Å². The van der Waals surface area contributed by atoms with Gasteiger partial charge in [-0.1, -0.05) is 20.8 Å². The molecule has 4 heteroatoms. The van der Waals surface area contributed by atoms with E-state index in [0.29, 0.717) is 11.2 Å². The number of anilines is 2. The monoisotopic (exact) mass is 234 g/mol. The largest absolute Gasteiger partial charge is 0.384 e. The minimum absolute atomic E-state index is 0.365. The molecule has 4 nitrogen and oxygen atoms in total. The van der Waals surface area contributed by atoms with Gasteiger partial charge in [0.15, 0.2) is 0 Å². The van der Waals surface area contributed by atoms with Crippen LogP contribution in [0.1, 0.15) is 39.4 Å². The van der Waals surface area contributed by atoms with E-state index in [1.807, 2.05) is 6.07 Å². The van der Waals surface area contributed by atoms with E-state index in [4.69, 9.17) is 5.73 Å². The molecule has 0 radical (unpaired) electrons. The highest BCUT2D eigenvalue weighted by atomic mass is 15.2. The summed E-state index contributed by atoms with van der Waals surface area (Å²) >= 11 is 0. The van der Waals surface area contributed by atoms with Gasteiger partial charge in [0.05, 0.1) is 0 Å². The maximum atomic E-state index is 5.83. The molecule has 0 aliphatic carbocycles. The summed E-state index contributed by atoms with van der Waals surface area (Å²) in [5.74, 6) is 2.40. The third-order valence-electron chi connectivity index (χ3n) is 3.32. The van der Waals surface area contributed by atoms with Crippen LogP contribution in [0.15, 0.2) is 6.07 Å². The Kier molecular flexibility index (Phi) is 3.22. The number of piperidine rings is 1. The van der Waals surface area contributed by atoms with Gasteiger partial charge >= 0.3 is 0 Å². The number of hydrogen-bond donors (Lipinski definition) is 1. The predicted molar refractivity (Wildman–Crippen MR) is 71.1 cm³/mol. The van der Waals surface area contributed by atoms with Crippen LogP contribution < -0.4 is 10.6 Å². The summed E-state index contributed by atoms with van der Waals surface area (Å²) in [5.41, 5.74) is 6.20. The number of nitrogen functional groups attached to an aromatic ring is 1.